The van der Waals surface area contributed by atoms with E-state index >= 15 is 0 Å². The monoisotopic (exact) mass is 388 g/mol. The van der Waals surface area contributed by atoms with E-state index in [9.17, 15) is 9.59 Å². The van der Waals surface area contributed by atoms with Gasteiger partial charge in [0.25, 0.3) is 0 Å². The maximum Gasteiger partial charge on any atom is 0.244 e. The fourth-order valence-corrected chi connectivity index (χ4v) is 4.37. The van der Waals surface area contributed by atoms with Gasteiger partial charge in [-0.3, -0.25) is 14.5 Å². The Morgan fingerprint density at radius 3 is 2.81 bits per heavy atom. The first kappa shape index (κ1) is 18.3. The van der Waals surface area contributed by atoms with Crippen LogP contribution in [0, 0.1) is 0 Å². The number of thioether (sulfide) groups is 1. The zero-order valence-electron chi connectivity index (χ0n) is 15.2. The van der Waals surface area contributed by atoms with Crippen molar-refractivity contribution in [1.29, 1.82) is 0 Å². The molecule has 7 nitrogen and oxygen atoms in total. The third-order valence-corrected chi connectivity index (χ3v) is 5.92. The van der Waals surface area contributed by atoms with E-state index in [2.05, 4.69) is 27.0 Å². The first-order valence-electron chi connectivity index (χ1n) is 9.23. The molecule has 2 saturated heterocycles. The maximum absolute atomic E-state index is 12.2. The first-order valence-corrected chi connectivity index (χ1v) is 10.4. The van der Waals surface area contributed by atoms with Crippen molar-refractivity contribution in [2.45, 2.75) is 6.54 Å². The average molecular weight is 388 g/mol. The lowest BCUT2D eigenvalue weighted by Gasteiger charge is -2.26. The highest BCUT2D eigenvalue weighted by molar-refractivity contribution is 8.00. The van der Waals surface area contributed by atoms with Gasteiger partial charge < -0.3 is 19.5 Å². The van der Waals surface area contributed by atoms with E-state index in [0.717, 1.165) is 56.0 Å². The molecule has 1 aromatic carbocycles. The molecule has 2 amide bonds. The molecular weight excluding hydrogens is 364 g/mol. The van der Waals surface area contributed by atoms with Crippen LogP contribution >= 0.6 is 11.8 Å². The summed E-state index contributed by atoms with van der Waals surface area (Å²) in [5.41, 5.74) is 1.92. The number of nitrogens with one attached hydrogen (secondary N) is 1. The zero-order chi connectivity index (χ0) is 18.6. The Kier molecular flexibility index (Phi) is 5.66. The number of anilines is 1. The van der Waals surface area contributed by atoms with Gasteiger partial charge in [-0.2, -0.15) is 0 Å². The first-order chi connectivity index (χ1) is 13.2. The summed E-state index contributed by atoms with van der Waals surface area (Å²) in [7, 11) is 0. The predicted molar refractivity (Wildman–Crippen MR) is 107 cm³/mol. The van der Waals surface area contributed by atoms with E-state index in [1.54, 1.807) is 16.7 Å². The van der Waals surface area contributed by atoms with Crippen LogP contribution in [0.25, 0.3) is 10.9 Å². The van der Waals surface area contributed by atoms with E-state index < -0.39 is 0 Å². The number of hydrogen-bond acceptors (Lipinski definition) is 5. The number of carbonyl (C=O) groups is 2. The second-order valence-corrected chi connectivity index (χ2v) is 7.81. The molecule has 1 aromatic heterocycles. The molecule has 2 aliphatic rings. The summed E-state index contributed by atoms with van der Waals surface area (Å²) in [4.78, 5) is 27.8. The quantitative estimate of drug-likeness (QED) is 0.811. The molecular formula is C19H24N4O3S. The van der Waals surface area contributed by atoms with E-state index in [4.69, 9.17) is 4.74 Å². The minimum Gasteiger partial charge on any atom is -0.379 e. The minimum absolute atomic E-state index is 0.0305. The zero-order valence-corrected chi connectivity index (χ0v) is 16.0. The standard InChI is InChI=1S/C19H24N4O3S/c24-18(12-23-14-27-13-19(23)25)20-16-1-2-17-15(11-16)3-4-22(17)6-5-21-7-9-26-10-8-21/h1-4,11H,5-10,12-14H2,(H,20,24). The summed E-state index contributed by atoms with van der Waals surface area (Å²) in [5, 5.41) is 4.00. The van der Waals surface area contributed by atoms with Crippen LogP contribution in [0.3, 0.4) is 0 Å². The number of ether oxygens (including phenoxy) is 1. The van der Waals surface area contributed by atoms with E-state index in [-0.39, 0.29) is 18.4 Å². The van der Waals surface area contributed by atoms with Crippen LogP contribution in [0.15, 0.2) is 30.5 Å². The summed E-state index contributed by atoms with van der Waals surface area (Å²) >= 11 is 1.54. The van der Waals surface area contributed by atoms with Crippen molar-refractivity contribution < 1.29 is 14.3 Å². The lowest BCUT2D eigenvalue weighted by atomic mass is 10.2. The highest BCUT2D eigenvalue weighted by atomic mass is 32.2. The van der Waals surface area contributed by atoms with Crippen molar-refractivity contribution in [1.82, 2.24) is 14.4 Å². The van der Waals surface area contributed by atoms with Crippen molar-refractivity contribution in [3.8, 4) is 0 Å². The van der Waals surface area contributed by atoms with Crippen molar-refractivity contribution in [3.05, 3.63) is 30.5 Å². The second kappa shape index (κ2) is 8.33. The molecule has 0 aliphatic carbocycles. The highest BCUT2D eigenvalue weighted by Gasteiger charge is 2.22. The molecule has 8 heteroatoms. The van der Waals surface area contributed by atoms with Gasteiger partial charge in [0.2, 0.25) is 11.8 Å². The van der Waals surface area contributed by atoms with Crippen LogP contribution in [0.5, 0.6) is 0 Å². The Morgan fingerprint density at radius 2 is 2.04 bits per heavy atom. The lowest BCUT2D eigenvalue weighted by molar-refractivity contribution is -0.130. The molecule has 2 aliphatic heterocycles. The third-order valence-electron chi connectivity index (χ3n) is 4.98. The van der Waals surface area contributed by atoms with Crippen molar-refractivity contribution >= 4 is 40.2 Å². The van der Waals surface area contributed by atoms with Crippen molar-refractivity contribution in [2.24, 2.45) is 0 Å². The number of nitrogens with zero attached hydrogens (tertiary/aromatic N) is 3. The van der Waals surface area contributed by atoms with Crippen LogP contribution in [0.1, 0.15) is 0 Å². The smallest absolute Gasteiger partial charge is 0.244 e. The van der Waals surface area contributed by atoms with E-state index in [1.807, 2.05) is 18.2 Å². The molecule has 1 N–H and O–H groups in total. The highest BCUT2D eigenvalue weighted by Crippen LogP contribution is 2.21. The van der Waals surface area contributed by atoms with Gasteiger partial charge >= 0.3 is 0 Å². The summed E-state index contributed by atoms with van der Waals surface area (Å²) in [6.45, 7) is 5.68. The SMILES string of the molecule is O=C(CN1CSCC1=O)Nc1ccc2c(ccn2CCN2CCOCC2)c1. The molecule has 144 valence electrons. The van der Waals surface area contributed by atoms with Gasteiger partial charge in [-0.05, 0) is 24.3 Å². The maximum atomic E-state index is 12.2. The summed E-state index contributed by atoms with van der Waals surface area (Å²) in [6, 6.07) is 8.02. The van der Waals surface area contributed by atoms with E-state index in [1.165, 1.54) is 0 Å². The number of hydrogen-bond donors (Lipinski definition) is 1. The van der Waals surface area contributed by atoms with Crippen LogP contribution in [0.4, 0.5) is 5.69 Å². The molecule has 3 heterocycles. The normalized spacial score (nSPS) is 18.4. The fourth-order valence-electron chi connectivity index (χ4n) is 3.46. The van der Waals surface area contributed by atoms with Gasteiger partial charge in [0.15, 0.2) is 0 Å². The van der Waals surface area contributed by atoms with Crippen molar-refractivity contribution in [3.63, 3.8) is 0 Å². The third kappa shape index (κ3) is 4.45. The number of aromatic nitrogens is 1. The lowest BCUT2D eigenvalue weighted by Crippen LogP contribution is -2.38. The number of benzene rings is 1. The molecule has 0 atom stereocenters. The van der Waals surface area contributed by atoms with Crippen LogP contribution in [-0.2, 0) is 20.9 Å². The minimum atomic E-state index is -0.156. The number of carbonyl (C=O) groups excluding carboxylic acids is 2. The van der Waals surface area contributed by atoms with E-state index in [0.29, 0.717) is 11.6 Å². The fraction of sp³-hybridized carbons (Fsp3) is 0.474. The number of amides is 2. The topological polar surface area (TPSA) is 66.8 Å². The molecule has 2 fully saturated rings. The second-order valence-electron chi connectivity index (χ2n) is 6.85. The molecule has 0 unspecified atom stereocenters. The molecule has 27 heavy (non-hydrogen) atoms. The molecule has 4 rings (SSSR count). The Labute approximate surface area is 162 Å². The van der Waals surface area contributed by atoms with Crippen LogP contribution in [0.2, 0.25) is 0 Å². The van der Waals surface area contributed by atoms with Gasteiger partial charge in [0.05, 0.1) is 24.8 Å². The Bertz CT molecular complexity index is 831. The average Bonchev–Trinajstić information content (AvgIpc) is 3.26. The summed E-state index contributed by atoms with van der Waals surface area (Å²) in [5.74, 6) is 0.939. The number of morpholine rings is 1. The molecule has 0 radical (unpaired) electrons. The van der Waals surface area contributed by atoms with Gasteiger partial charge in [0.1, 0.15) is 6.54 Å². The predicted octanol–water partition coefficient (Wildman–Crippen LogP) is 1.44. The number of fused-ring (bicyclic) bond motifs is 1. The Morgan fingerprint density at radius 1 is 1.19 bits per heavy atom. The molecule has 0 spiro atoms. The van der Waals surface area contributed by atoms with Gasteiger partial charge in [-0.1, -0.05) is 0 Å². The summed E-state index contributed by atoms with van der Waals surface area (Å²) in [6.07, 6.45) is 2.09. The van der Waals surface area contributed by atoms with Crippen LogP contribution in [-0.4, -0.2) is 77.2 Å². The van der Waals surface area contributed by atoms with Crippen molar-refractivity contribution in [2.75, 3.05) is 56.3 Å². The largest absolute Gasteiger partial charge is 0.379 e. The Balaban J connectivity index is 1.36. The van der Waals surface area contributed by atoms with Crippen LogP contribution < -0.4 is 5.32 Å². The van der Waals surface area contributed by atoms with Gasteiger partial charge in [-0.25, -0.2) is 0 Å². The number of rotatable bonds is 6. The molecule has 0 bridgehead atoms. The molecule has 0 saturated carbocycles. The summed E-state index contributed by atoms with van der Waals surface area (Å²) < 4.78 is 7.64. The molecule has 2 aromatic rings. The van der Waals surface area contributed by atoms with Gasteiger partial charge in [0, 0.05) is 49.0 Å². The van der Waals surface area contributed by atoms with Gasteiger partial charge in [-0.15, -0.1) is 11.8 Å². The Hall–Kier alpha value is -2.03.